The molecule has 2 aromatic rings. The number of benzene rings is 1. The van der Waals surface area contributed by atoms with Crippen LogP contribution in [0, 0.1) is 5.82 Å². The van der Waals surface area contributed by atoms with Crippen molar-refractivity contribution in [1.82, 2.24) is 9.55 Å². The zero-order chi connectivity index (χ0) is 14.4. The molecule has 2 rings (SSSR count). The summed E-state index contributed by atoms with van der Waals surface area (Å²) in [6.07, 6.45) is 3.10. The monoisotopic (exact) mass is 298 g/mol. The first-order valence-electron chi connectivity index (χ1n) is 7.04. The molecule has 0 N–H and O–H groups in total. The number of aromatic nitrogens is 2. The first-order chi connectivity index (χ1) is 9.76. The molecule has 0 amide bonds. The van der Waals surface area contributed by atoms with Crippen LogP contribution in [-0.4, -0.2) is 22.8 Å². The highest BCUT2D eigenvalue weighted by molar-refractivity contribution is 6.16. The first kappa shape index (κ1) is 15.3. The highest BCUT2D eigenvalue weighted by Gasteiger charge is 2.10. The second kappa shape index (κ2) is 7.60. The molecule has 3 nitrogen and oxygen atoms in total. The van der Waals surface area contributed by atoms with E-state index in [1.807, 2.05) is 4.57 Å². The van der Waals surface area contributed by atoms with Crippen LogP contribution in [0.25, 0.3) is 11.0 Å². The summed E-state index contributed by atoms with van der Waals surface area (Å²) < 4.78 is 20.9. The minimum absolute atomic E-state index is 0.251. The van der Waals surface area contributed by atoms with Crippen LogP contribution in [-0.2, 0) is 17.2 Å². The van der Waals surface area contributed by atoms with Crippen LogP contribution in [0.3, 0.4) is 0 Å². The summed E-state index contributed by atoms with van der Waals surface area (Å²) >= 11 is 5.92. The number of hydrogen-bond acceptors (Lipinski definition) is 2. The fourth-order valence-corrected chi connectivity index (χ4v) is 2.37. The Hall–Kier alpha value is -1.13. The molecule has 0 spiro atoms. The molecular weight excluding hydrogens is 279 g/mol. The normalized spacial score (nSPS) is 11.3. The smallest absolute Gasteiger partial charge is 0.125 e. The van der Waals surface area contributed by atoms with Crippen LogP contribution in [0.4, 0.5) is 4.39 Å². The standard InChI is InChI=1S/C15H20ClFN2O/c1-2-3-8-20-9-4-7-19-14-10-12(17)5-6-13(14)18-15(19)11-16/h5-6,10H,2-4,7-9,11H2,1H3. The van der Waals surface area contributed by atoms with Crippen molar-refractivity contribution in [2.75, 3.05) is 13.2 Å². The topological polar surface area (TPSA) is 27.1 Å². The van der Waals surface area contributed by atoms with Gasteiger partial charge in [0.25, 0.3) is 0 Å². The van der Waals surface area contributed by atoms with Gasteiger partial charge in [0.15, 0.2) is 0 Å². The van der Waals surface area contributed by atoms with Gasteiger partial charge < -0.3 is 9.30 Å². The van der Waals surface area contributed by atoms with Gasteiger partial charge in [-0.2, -0.15) is 0 Å². The largest absolute Gasteiger partial charge is 0.381 e. The zero-order valence-electron chi connectivity index (χ0n) is 11.7. The van der Waals surface area contributed by atoms with E-state index in [4.69, 9.17) is 16.3 Å². The van der Waals surface area contributed by atoms with Gasteiger partial charge in [-0.15, -0.1) is 11.6 Å². The van der Waals surface area contributed by atoms with Gasteiger partial charge >= 0.3 is 0 Å². The van der Waals surface area contributed by atoms with E-state index in [9.17, 15) is 4.39 Å². The highest BCUT2D eigenvalue weighted by atomic mass is 35.5. The minimum Gasteiger partial charge on any atom is -0.381 e. The molecule has 0 fully saturated rings. The molecule has 0 aliphatic rings. The summed E-state index contributed by atoms with van der Waals surface area (Å²) in [5.74, 6) is 0.854. The van der Waals surface area contributed by atoms with Crippen molar-refractivity contribution in [1.29, 1.82) is 0 Å². The number of fused-ring (bicyclic) bond motifs is 1. The zero-order valence-corrected chi connectivity index (χ0v) is 12.5. The molecule has 0 aliphatic carbocycles. The molecule has 0 saturated heterocycles. The Kier molecular flexibility index (Phi) is 5.80. The number of hydrogen-bond donors (Lipinski definition) is 0. The molecule has 110 valence electrons. The van der Waals surface area contributed by atoms with E-state index in [-0.39, 0.29) is 5.82 Å². The Labute approximate surface area is 123 Å². The minimum atomic E-state index is -0.251. The number of halogens is 2. The van der Waals surface area contributed by atoms with E-state index >= 15 is 0 Å². The molecule has 1 heterocycles. The average molecular weight is 299 g/mol. The summed E-state index contributed by atoms with van der Waals surface area (Å²) in [6, 6.07) is 4.62. The van der Waals surface area contributed by atoms with Crippen molar-refractivity contribution >= 4 is 22.6 Å². The van der Waals surface area contributed by atoms with Crippen LogP contribution in [0.1, 0.15) is 32.0 Å². The van der Waals surface area contributed by atoms with Gasteiger partial charge in [-0.1, -0.05) is 13.3 Å². The van der Waals surface area contributed by atoms with E-state index in [1.165, 1.54) is 12.1 Å². The van der Waals surface area contributed by atoms with Gasteiger partial charge in [-0.05, 0) is 31.0 Å². The first-order valence-corrected chi connectivity index (χ1v) is 7.58. The van der Waals surface area contributed by atoms with Crippen LogP contribution < -0.4 is 0 Å². The Morgan fingerprint density at radius 3 is 2.85 bits per heavy atom. The van der Waals surface area contributed by atoms with Crippen molar-refractivity contribution in [3.05, 3.63) is 29.8 Å². The van der Waals surface area contributed by atoms with E-state index in [1.54, 1.807) is 6.07 Å². The lowest BCUT2D eigenvalue weighted by Crippen LogP contribution is -2.06. The third-order valence-corrected chi connectivity index (χ3v) is 3.46. The van der Waals surface area contributed by atoms with Gasteiger partial charge in [0.2, 0.25) is 0 Å². The number of unbranched alkanes of at least 4 members (excludes halogenated alkanes) is 1. The van der Waals surface area contributed by atoms with Crippen LogP contribution in [0.2, 0.25) is 0 Å². The molecule has 0 aliphatic heterocycles. The Balaban J connectivity index is 2.02. The van der Waals surface area contributed by atoms with Gasteiger partial charge in [0, 0.05) is 19.8 Å². The average Bonchev–Trinajstić information content (AvgIpc) is 2.80. The SMILES string of the molecule is CCCCOCCCn1c(CCl)nc2ccc(F)cc21. The summed E-state index contributed by atoms with van der Waals surface area (Å²) in [4.78, 5) is 4.42. The predicted molar refractivity (Wildman–Crippen MR) is 79.6 cm³/mol. The molecule has 20 heavy (non-hydrogen) atoms. The third-order valence-electron chi connectivity index (χ3n) is 3.22. The van der Waals surface area contributed by atoms with Crippen LogP contribution in [0.5, 0.6) is 0 Å². The molecular formula is C15H20ClFN2O. The third kappa shape index (κ3) is 3.70. The number of aryl methyl sites for hydroxylation is 1. The number of rotatable bonds is 8. The number of ether oxygens (including phenoxy) is 1. The lowest BCUT2D eigenvalue weighted by atomic mass is 10.3. The van der Waals surface area contributed by atoms with E-state index in [0.29, 0.717) is 12.5 Å². The van der Waals surface area contributed by atoms with Crippen molar-refractivity contribution in [3.8, 4) is 0 Å². The molecule has 1 aromatic carbocycles. The van der Waals surface area contributed by atoms with Crippen molar-refractivity contribution < 1.29 is 9.13 Å². The molecule has 0 saturated carbocycles. The molecule has 0 bridgehead atoms. The number of alkyl halides is 1. The van der Waals surface area contributed by atoms with Crippen LogP contribution >= 0.6 is 11.6 Å². The molecule has 0 atom stereocenters. The summed E-state index contributed by atoms with van der Waals surface area (Å²) in [5, 5.41) is 0. The summed E-state index contributed by atoms with van der Waals surface area (Å²) in [5.41, 5.74) is 1.59. The van der Waals surface area contributed by atoms with Crippen molar-refractivity contribution in [3.63, 3.8) is 0 Å². The lowest BCUT2D eigenvalue weighted by molar-refractivity contribution is 0.126. The Morgan fingerprint density at radius 2 is 2.10 bits per heavy atom. The Morgan fingerprint density at radius 1 is 1.30 bits per heavy atom. The second-order valence-corrected chi connectivity index (χ2v) is 5.03. The maximum Gasteiger partial charge on any atom is 0.125 e. The van der Waals surface area contributed by atoms with E-state index in [0.717, 1.165) is 49.3 Å². The summed E-state index contributed by atoms with van der Waals surface area (Å²) in [6.45, 7) is 4.39. The van der Waals surface area contributed by atoms with Gasteiger partial charge in [-0.3, -0.25) is 0 Å². The van der Waals surface area contributed by atoms with E-state index < -0.39 is 0 Å². The maximum atomic E-state index is 13.4. The fraction of sp³-hybridized carbons (Fsp3) is 0.533. The Bertz CT molecular complexity index is 556. The van der Waals surface area contributed by atoms with Crippen molar-refractivity contribution in [2.24, 2.45) is 0 Å². The second-order valence-electron chi connectivity index (χ2n) is 4.77. The molecule has 0 unspecified atom stereocenters. The fourth-order valence-electron chi connectivity index (χ4n) is 2.17. The molecule has 5 heteroatoms. The lowest BCUT2D eigenvalue weighted by Gasteiger charge is -2.08. The predicted octanol–water partition coefficient (Wildman–Crippen LogP) is 4.12. The van der Waals surface area contributed by atoms with Gasteiger partial charge in [0.05, 0.1) is 16.9 Å². The van der Waals surface area contributed by atoms with Gasteiger partial charge in [-0.25, -0.2) is 9.37 Å². The van der Waals surface area contributed by atoms with Crippen LogP contribution in [0.15, 0.2) is 18.2 Å². The maximum absolute atomic E-state index is 13.4. The number of imidazole rings is 1. The van der Waals surface area contributed by atoms with E-state index in [2.05, 4.69) is 11.9 Å². The van der Waals surface area contributed by atoms with Gasteiger partial charge in [0.1, 0.15) is 11.6 Å². The number of nitrogens with zero attached hydrogens (tertiary/aromatic N) is 2. The summed E-state index contributed by atoms with van der Waals surface area (Å²) in [7, 11) is 0. The quantitative estimate of drug-likeness (QED) is 0.541. The van der Waals surface area contributed by atoms with Crippen molar-refractivity contribution in [2.45, 2.75) is 38.6 Å². The highest BCUT2D eigenvalue weighted by Crippen LogP contribution is 2.19. The molecule has 0 radical (unpaired) electrons. The molecule has 1 aromatic heterocycles.